The minimum absolute atomic E-state index is 0.0426. The molecule has 0 radical (unpaired) electrons. The Labute approximate surface area is 120 Å². The molecule has 4 heteroatoms. The highest BCUT2D eigenvalue weighted by atomic mass is 16.4. The monoisotopic (exact) mass is 277 g/mol. The van der Waals surface area contributed by atoms with E-state index in [1.54, 1.807) is 24.3 Å². The fourth-order valence-electron chi connectivity index (χ4n) is 2.35. The number of carboxylic acids is 1. The number of hydrogen-bond donors (Lipinski definition) is 2. The van der Waals surface area contributed by atoms with Crippen molar-refractivity contribution in [1.82, 2.24) is 0 Å². The Bertz CT molecular complexity index is 492. The van der Waals surface area contributed by atoms with E-state index in [4.69, 9.17) is 5.11 Å². The number of aliphatic carboxylic acids is 1. The van der Waals surface area contributed by atoms with Crippen LogP contribution in [-0.2, 0) is 16.0 Å². The zero-order valence-corrected chi connectivity index (χ0v) is 12.6. The van der Waals surface area contributed by atoms with Crippen molar-refractivity contribution in [3.05, 3.63) is 29.8 Å². The maximum Gasteiger partial charge on any atom is 0.307 e. The number of rotatable bonds is 6. The van der Waals surface area contributed by atoms with E-state index in [0.717, 1.165) is 6.42 Å². The van der Waals surface area contributed by atoms with E-state index in [2.05, 4.69) is 19.2 Å². The highest BCUT2D eigenvalue weighted by Gasteiger charge is 2.28. The van der Waals surface area contributed by atoms with Crippen LogP contribution < -0.4 is 5.32 Å². The Morgan fingerprint density at radius 1 is 1.30 bits per heavy atom. The third-order valence-electron chi connectivity index (χ3n) is 3.07. The van der Waals surface area contributed by atoms with Crippen LogP contribution in [0.15, 0.2) is 24.3 Å². The smallest absolute Gasteiger partial charge is 0.307 e. The molecule has 0 aliphatic carbocycles. The lowest BCUT2D eigenvalue weighted by atomic mass is 9.83. The maximum atomic E-state index is 12.3. The molecule has 0 saturated carbocycles. The minimum Gasteiger partial charge on any atom is -0.481 e. The maximum absolute atomic E-state index is 12.3. The van der Waals surface area contributed by atoms with Crippen LogP contribution in [0.25, 0.3) is 0 Å². The quantitative estimate of drug-likeness (QED) is 0.838. The van der Waals surface area contributed by atoms with E-state index in [1.165, 1.54) is 0 Å². The lowest BCUT2D eigenvalue weighted by Gasteiger charge is -2.25. The van der Waals surface area contributed by atoms with Crippen LogP contribution in [-0.4, -0.2) is 17.0 Å². The van der Waals surface area contributed by atoms with Crippen LogP contribution in [0.3, 0.4) is 0 Å². The number of benzene rings is 1. The summed E-state index contributed by atoms with van der Waals surface area (Å²) in [7, 11) is 0. The normalized spacial score (nSPS) is 11.4. The van der Waals surface area contributed by atoms with Gasteiger partial charge in [-0.3, -0.25) is 9.59 Å². The van der Waals surface area contributed by atoms with Gasteiger partial charge in [-0.05, 0) is 30.0 Å². The second kappa shape index (κ2) is 6.55. The van der Waals surface area contributed by atoms with E-state index in [9.17, 15) is 9.59 Å². The first-order valence-electron chi connectivity index (χ1n) is 6.83. The van der Waals surface area contributed by atoms with Crippen molar-refractivity contribution in [2.45, 2.75) is 40.5 Å². The zero-order valence-electron chi connectivity index (χ0n) is 12.6. The van der Waals surface area contributed by atoms with Gasteiger partial charge in [-0.2, -0.15) is 0 Å². The molecule has 0 unspecified atom stereocenters. The Balaban J connectivity index is 2.77. The summed E-state index contributed by atoms with van der Waals surface area (Å²) in [5.74, 6) is -0.485. The van der Waals surface area contributed by atoms with E-state index in [-0.39, 0.29) is 12.3 Å². The van der Waals surface area contributed by atoms with Gasteiger partial charge in [0.2, 0.25) is 5.91 Å². The van der Waals surface area contributed by atoms with Crippen molar-refractivity contribution in [2.24, 2.45) is 11.3 Å². The minimum atomic E-state index is -0.881. The van der Waals surface area contributed by atoms with Crippen molar-refractivity contribution < 1.29 is 14.7 Å². The van der Waals surface area contributed by atoms with E-state index < -0.39 is 11.4 Å². The summed E-state index contributed by atoms with van der Waals surface area (Å²) in [6, 6.07) is 6.97. The fraction of sp³-hybridized carbons (Fsp3) is 0.500. The highest BCUT2D eigenvalue weighted by molar-refractivity contribution is 5.94. The molecular formula is C16H23NO3. The van der Waals surface area contributed by atoms with Crippen molar-refractivity contribution in [2.75, 3.05) is 5.32 Å². The third-order valence-corrected chi connectivity index (χ3v) is 3.07. The van der Waals surface area contributed by atoms with Crippen molar-refractivity contribution in [3.63, 3.8) is 0 Å². The van der Waals surface area contributed by atoms with E-state index >= 15 is 0 Å². The van der Waals surface area contributed by atoms with Gasteiger partial charge in [-0.15, -0.1) is 0 Å². The largest absolute Gasteiger partial charge is 0.481 e. The first-order valence-corrected chi connectivity index (χ1v) is 6.83. The summed E-state index contributed by atoms with van der Waals surface area (Å²) in [6.07, 6.45) is 0.757. The van der Waals surface area contributed by atoms with Gasteiger partial charge in [0.05, 0.1) is 6.42 Å². The summed E-state index contributed by atoms with van der Waals surface area (Å²) in [4.78, 5) is 23.0. The molecule has 0 atom stereocenters. The topological polar surface area (TPSA) is 66.4 Å². The van der Waals surface area contributed by atoms with Gasteiger partial charge in [0.1, 0.15) is 0 Å². The molecule has 0 aromatic heterocycles. The molecule has 20 heavy (non-hydrogen) atoms. The zero-order chi connectivity index (χ0) is 15.3. The van der Waals surface area contributed by atoms with Gasteiger partial charge in [0.25, 0.3) is 0 Å². The van der Waals surface area contributed by atoms with Crippen molar-refractivity contribution >= 4 is 17.6 Å². The van der Waals surface area contributed by atoms with Gasteiger partial charge in [0.15, 0.2) is 0 Å². The molecule has 0 aliphatic heterocycles. The number of carboxylic acid groups (broad SMARTS) is 1. The number of nitrogens with one attached hydrogen (secondary N) is 1. The number of carbonyl (C=O) groups excluding carboxylic acids is 1. The summed E-state index contributed by atoms with van der Waals surface area (Å²) < 4.78 is 0. The molecule has 4 nitrogen and oxygen atoms in total. The molecule has 0 spiro atoms. The first-order chi connectivity index (χ1) is 9.20. The first kappa shape index (κ1) is 16.2. The van der Waals surface area contributed by atoms with Crippen LogP contribution in [0, 0.1) is 11.3 Å². The van der Waals surface area contributed by atoms with Crippen molar-refractivity contribution in [3.8, 4) is 0 Å². The molecule has 0 fully saturated rings. The molecule has 1 amide bonds. The summed E-state index contributed by atoms with van der Waals surface area (Å²) in [6.45, 7) is 8.01. The van der Waals surface area contributed by atoms with Gasteiger partial charge < -0.3 is 10.4 Å². The average molecular weight is 277 g/mol. The molecule has 1 aromatic rings. The molecule has 2 N–H and O–H groups in total. The molecule has 0 saturated heterocycles. The number of amides is 1. The second-order valence-electron chi connectivity index (χ2n) is 6.21. The molecule has 110 valence electrons. The number of carbonyl (C=O) groups is 2. The SMILES string of the molecule is CC(C)CC(C)(C)C(=O)Nc1cccc(CC(=O)O)c1. The van der Waals surface area contributed by atoms with Crippen LogP contribution in [0.1, 0.15) is 39.7 Å². The van der Waals surface area contributed by atoms with Gasteiger partial charge >= 0.3 is 5.97 Å². The number of anilines is 1. The molecule has 0 bridgehead atoms. The lowest BCUT2D eigenvalue weighted by Crippen LogP contribution is -2.32. The molecule has 1 rings (SSSR count). The van der Waals surface area contributed by atoms with E-state index in [1.807, 2.05) is 13.8 Å². The van der Waals surface area contributed by atoms with Crippen LogP contribution >= 0.6 is 0 Å². The summed E-state index contributed by atoms with van der Waals surface area (Å²) in [5.41, 5.74) is 0.874. The van der Waals surface area contributed by atoms with Gasteiger partial charge in [0, 0.05) is 11.1 Å². The fourth-order valence-corrected chi connectivity index (χ4v) is 2.35. The van der Waals surface area contributed by atoms with Crippen LogP contribution in [0.2, 0.25) is 0 Å². The predicted molar refractivity (Wildman–Crippen MR) is 79.6 cm³/mol. The molecule has 0 heterocycles. The third kappa shape index (κ3) is 5.03. The average Bonchev–Trinajstić information content (AvgIpc) is 2.26. The van der Waals surface area contributed by atoms with Gasteiger partial charge in [-0.1, -0.05) is 39.8 Å². The Kier molecular flexibility index (Phi) is 5.31. The lowest BCUT2D eigenvalue weighted by molar-refractivity contribution is -0.136. The Morgan fingerprint density at radius 2 is 1.95 bits per heavy atom. The Hall–Kier alpha value is -1.84. The molecular weight excluding hydrogens is 254 g/mol. The molecule has 1 aromatic carbocycles. The van der Waals surface area contributed by atoms with Crippen molar-refractivity contribution in [1.29, 1.82) is 0 Å². The van der Waals surface area contributed by atoms with Crippen LogP contribution in [0.5, 0.6) is 0 Å². The number of hydrogen-bond acceptors (Lipinski definition) is 2. The predicted octanol–water partition coefficient (Wildman–Crippen LogP) is 3.32. The van der Waals surface area contributed by atoms with Gasteiger partial charge in [-0.25, -0.2) is 0 Å². The molecule has 0 aliphatic rings. The standard InChI is InChI=1S/C16H23NO3/c1-11(2)10-16(3,4)15(20)17-13-7-5-6-12(8-13)9-14(18)19/h5-8,11H,9-10H2,1-4H3,(H,17,20)(H,18,19). The van der Waals surface area contributed by atoms with E-state index in [0.29, 0.717) is 17.2 Å². The second-order valence-corrected chi connectivity index (χ2v) is 6.21. The Morgan fingerprint density at radius 3 is 2.50 bits per heavy atom. The van der Waals surface area contributed by atoms with Crippen LogP contribution in [0.4, 0.5) is 5.69 Å². The summed E-state index contributed by atoms with van der Waals surface area (Å²) >= 11 is 0. The highest BCUT2D eigenvalue weighted by Crippen LogP contribution is 2.27. The summed E-state index contributed by atoms with van der Waals surface area (Å²) in [5, 5.41) is 11.7.